The molecule has 194 valence electrons. The highest BCUT2D eigenvalue weighted by Crippen LogP contribution is 2.44. The highest BCUT2D eigenvalue weighted by Gasteiger charge is 2.34. The van der Waals surface area contributed by atoms with E-state index in [2.05, 4.69) is 12.1 Å². The number of carbonyl (C=O) groups excluding carboxylic acids is 2. The van der Waals surface area contributed by atoms with E-state index in [1.54, 1.807) is 26.8 Å². The molecule has 0 aromatic heterocycles. The minimum atomic E-state index is -1.01. The molecule has 3 aromatic carbocycles. The summed E-state index contributed by atoms with van der Waals surface area (Å²) in [5.74, 6) is -1.16. The maximum absolute atomic E-state index is 14.3. The molecule has 1 amide bonds. The topological polar surface area (TPSA) is 65.1 Å². The Morgan fingerprint density at radius 2 is 1.57 bits per heavy atom. The van der Waals surface area contributed by atoms with Crippen LogP contribution in [-0.2, 0) is 20.7 Å². The lowest BCUT2D eigenvalue weighted by molar-refractivity contribution is -0.160. The maximum Gasteiger partial charge on any atom is 0.410 e. The SMILES string of the molecule is COc1ccc(CC(C(=O)OC(C)(C)C)N(C)C(=O)OCC2c3ccccc3-c3ccccc32)cc1F. The van der Waals surface area contributed by atoms with Crippen molar-refractivity contribution in [2.75, 3.05) is 20.8 Å². The Balaban J connectivity index is 1.53. The molecule has 0 saturated heterocycles. The number of hydrogen-bond donors (Lipinski definition) is 0. The summed E-state index contributed by atoms with van der Waals surface area (Å²) in [4.78, 5) is 27.5. The zero-order valence-electron chi connectivity index (χ0n) is 21.8. The van der Waals surface area contributed by atoms with Gasteiger partial charge in [0.15, 0.2) is 11.6 Å². The minimum absolute atomic E-state index is 0.0521. The molecule has 1 unspecified atom stereocenters. The first kappa shape index (κ1) is 26.2. The van der Waals surface area contributed by atoms with Crippen molar-refractivity contribution >= 4 is 12.1 Å². The summed E-state index contributed by atoms with van der Waals surface area (Å²) >= 11 is 0. The van der Waals surface area contributed by atoms with Gasteiger partial charge < -0.3 is 14.2 Å². The van der Waals surface area contributed by atoms with Gasteiger partial charge >= 0.3 is 12.1 Å². The molecule has 37 heavy (non-hydrogen) atoms. The molecule has 0 N–H and O–H groups in total. The van der Waals surface area contributed by atoms with Crippen LogP contribution in [0.5, 0.6) is 5.75 Å². The van der Waals surface area contributed by atoms with Gasteiger partial charge in [-0.15, -0.1) is 0 Å². The third-order valence-corrected chi connectivity index (χ3v) is 6.42. The van der Waals surface area contributed by atoms with Gasteiger partial charge in [-0.25, -0.2) is 14.0 Å². The molecule has 1 aliphatic carbocycles. The maximum atomic E-state index is 14.3. The Hall–Kier alpha value is -3.87. The molecular formula is C30H32FNO5. The van der Waals surface area contributed by atoms with E-state index < -0.39 is 29.5 Å². The largest absolute Gasteiger partial charge is 0.494 e. The van der Waals surface area contributed by atoms with Gasteiger partial charge in [0.05, 0.1) is 7.11 Å². The molecule has 0 fully saturated rings. The Bertz CT molecular complexity index is 1250. The molecule has 4 rings (SSSR count). The molecule has 0 radical (unpaired) electrons. The minimum Gasteiger partial charge on any atom is -0.494 e. The van der Waals surface area contributed by atoms with E-state index in [1.807, 2.05) is 36.4 Å². The van der Waals surface area contributed by atoms with Crippen LogP contribution in [0.4, 0.5) is 9.18 Å². The van der Waals surface area contributed by atoms with Crippen molar-refractivity contribution < 1.29 is 28.2 Å². The third-order valence-electron chi connectivity index (χ3n) is 6.42. The zero-order valence-corrected chi connectivity index (χ0v) is 21.8. The van der Waals surface area contributed by atoms with E-state index in [9.17, 15) is 14.0 Å². The molecule has 0 aliphatic heterocycles. The van der Waals surface area contributed by atoms with Crippen molar-refractivity contribution in [3.05, 3.63) is 89.2 Å². The van der Waals surface area contributed by atoms with E-state index in [4.69, 9.17) is 14.2 Å². The Kier molecular flexibility index (Phi) is 7.52. The van der Waals surface area contributed by atoms with Crippen LogP contribution < -0.4 is 4.74 Å². The second kappa shape index (κ2) is 10.6. The van der Waals surface area contributed by atoms with Crippen LogP contribution in [0.25, 0.3) is 11.1 Å². The fourth-order valence-electron chi connectivity index (χ4n) is 4.63. The molecular weight excluding hydrogens is 473 g/mol. The Labute approximate surface area is 217 Å². The van der Waals surface area contributed by atoms with Gasteiger partial charge in [-0.3, -0.25) is 4.90 Å². The van der Waals surface area contributed by atoms with E-state index in [1.165, 1.54) is 31.2 Å². The highest BCUT2D eigenvalue weighted by molar-refractivity contribution is 5.82. The molecule has 3 aromatic rings. The number of methoxy groups -OCH3 is 1. The lowest BCUT2D eigenvalue weighted by atomic mass is 9.98. The fourth-order valence-corrected chi connectivity index (χ4v) is 4.63. The monoisotopic (exact) mass is 505 g/mol. The average molecular weight is 506 g/mol. The van der Waals surface area contributed by atoms with Gasteiger partial charge in [0.2, 0.25) is 0 Å². The van der Waals surface area contributed by atoms with Gasteiger partial charge in [0.25, 0.3) is 0 Å². The van der Waals surface area contributed by atoms with Crippen molar-refractivity contribution in [3.63, 3.8) is 0 Å². The van der Waals surface area contributed by atoms with Crippen LogP contribution in [-0.4, -0.2) is 49.4 Å². The Morgan fingerprint density at radius 1 is 0.973 bits per heavy atom. The Morgan fingerprint density at radius 3 is 2.11 bits per heavy atom. The predicted molar refractivity (Wildman–Crippen MR) is 139 cm³/mol. The number of amides is 1. The fraction of sp³-hybridized carbons (Fsp3) is 0.333. The lowest BCUT2D eigenvalue weighted by Gasteiger charge is -2.30. The standard InChI is InChI=1S/C30H32FNO5/c1-30(2,3)37-28(33)26(17-19-14-15-27(35-5)25(31)16-19)32(4)29(34)36-18-24-22-12-8-6-10-20(22)21-11-7-9-13-23(21)24/h6-16,24,26H,17-18H2,1-5H3. The smallest absolute Gasteiger partial charge is 0.410 e. The van der Waals surface area contributed by atoms with Gasteiger partial charge in [-0.05, 0) is 60.7 Å². The number of esters is 1. The number of halogens is 1. The van der Waals surface area contributed by atoms with Crippen molar-refractivity contribution in [3.8, 4) is 16.9 Å². The number of carbonyl (C=O) groups is 2. The van der Waals surface area contributed by atoms with Crippen LogP contribution in [0.2, 0.25) is 0 Å². The van der Waals surface area contributed by atoms with Crippen molar-refractivity contribution in [1.29, 1.82) is 0 Å². The summed E-state index contributed by atoms with van der Waals surface area (Å²) < 4.78 is 30.6. The average Bonchev–Trinajstić information content (AvgIpc) is 3.18. The van der Waals surface area contributed by atoms with Crippen molar-refractivity contribution in [2.45, 2.75) is 44.8 Å². The normalized spacial score (nSPS) is 13.4. The number of fused-ring (bicyclic) bond motifs is 3. The molecule has 1 atom stereocenters. The van der Waals surface area contributed by atoms with Crippen molar-refractivity contribution in [1.82, 2.24) is 4.90 Å². The third kappa shape index (κ3) is 5.77. The van der Waals surface area contributed by atoms with E-state index >= 15 is 0 Å². The van der Waals surface area contributed by atoms with Crippen molar-refractivity contribution in [2.24, 2.45) is 0 Å². The highest BCUT2D eigenvalue weighted by atomic mass is 19.1. The summed E-state index contributed by atoms with van der Waals surface area (Å²) in [5, 5.41) is 0. The van der Waals surface area contributed by atoms with E-state index in [-0.39, 0.29) is 24.7 Å². The van der Waals surface area contributed by atoms with Gasteiger partial charge in [0, 0.05) is 19.4 Å². The molecule has 1 aliphatic rings. The number of rotatable bonds is 7. The lowest BCUT2D eigenvalue weighted by Crippen LogP contribution is -2.47. The van der Waals surface area contributed by atoms with E-state index in [0.29, 0.717) is 5.56 Å². The summed E-state index contributed by atoms with van der Waals surface area (Å²) in [6.07, 6.45) is -0.608. The first-order chi connectivity index (χ1) is 17.6. The number of hydrogen-bond acceptors (Lipinski definition) is 5. The van der Waals surface area contributed by atoms with Crippen LogP contribution in [0.3, 0.4) is 0 Å². The number of benzene rings is 3. The van der Waals surface area contributed by atoms with E-state index in [0.717, 1.165) is 22.3 Å². The number of nitrogens with zero attached hydrogens (tertiary/aromatic N) is 1. The molecule has 6 nitrogen and oxygen atoms in total. The summed E-state index contributed by atoms with van der Waals surface area (Å²) in [5.41, 5.74) is 4.20. The summed E-state index contributed by atoms with van der Waals surface area (Å²) in [7, 11) is 2.87. The van der Waals surface area contributed by atoms with Crippen LogP contribution in [0.15, 0.2) is 66.7 Å². The molecule has 0 saturated carbocycles. The number of likely N-dealkylation sites (N-methyl/N-ethyl adjacent to an activating group) is 1. The quantitative estimate of drug-likeness (QED) is 0.370. The van der Waals surface area contributed by atoms with Crippen LogP contribution >= 0.6 is 0 Å². The second-order valence-corrected chi connectivity index (χ2v) is 10.1. The van der Waals surface area contributed by atoms with Gasteiger partial charge in [-0.2, -0.15) is 0 Å². The molecule has 7 heteroatoms. The van der Waals surface area contributed by atoms with Gasteiger partial charge in [0.1, 0.15) is 18.2 Å². The molecule has 0 spiro atoms. The van der Waals surface area contributed by atoms with Crippen LogP contribution in [0.1, 0.15) is 43.4 Å². The molecule has 0 heterocycles. The summed E-state index contributed by atoms with van der Waals surface area (Å²) in [6, 6.07) is 19.6. The number of ether oxygens (including phenoxy) is 3. The summed E-state index contributed by atoms with van der Waals surface area (Å²) in [6.45, 7) is 5.38. The second-order valence-electron chi connectivity index (χ2n) is 10.1. The first-order valence-electron chi connectivity index (χ1n) is 12.2. The van der Waals surface area contributed by atoms with Gasteiger partial charge in [-0.1, -0.05) is 54.6 Å². The zero-order chi connectivity index (χ0) is 26.7. The molecule has 0 bridgehead atoms. The van der Waals surface area contributed by atoms with Crippen LogP contribution in [0, 0.1) is 5.82 Å². The predicted octanol–water partition coefficient (Wildman–Crippen LogP) is 5.97. The first-order valence-corrected chi connectivity index (χ1v) is 12.2.